The Morgan fingerprint density at radius 3 is 1.93 bits per heavy atom. The van der Waals surface area contributed by atoms with Crippen LogP contribution >= 0.6 is 12.6 Å². The van der Waals surface area contributed by atoms with Crippen molar-refractivity contribution in [3.63, 3.8) is 0 Å². The summed E-state index contributed by atoms with van der Waals surface area (Å²) in [5, 5.41) is 0.423. The fourth-order valence-corrected chi connectivity index (χ4v) is 3.82. The zero-order valence-electron chi connectivity index (χ0n) is 9.58. The topological polar surface area (TPSA) is 27.7 Å². The van der Waals surface area contributed by atoms with Gasteiger partial charge in [0.15, 0.2) is 0 Å². The maximum Gasteiger partial charge on any atom is 0.500 e. The third kappa shape index (κ3) is 4.79. The molecule has 3 nitrogen and oxygen atoms in total. The lowest BCUT2D eigenvalue weighted by molar-refractivity contribution is 0.123. The highest BCUT2D eigenvalue weighted by Gasteiger charge is 2.37. The minimum Gasteiger partial charge on any atom is -0.377 e. The first-order chi connectivity index (χ1) is 6.64. The predicted octanol–water partition coefficient (Wildman–Crippen LogP) is 2.35. The Bertz CT molecular complexity index is 134. The smallest absolute Gasteiger partial charge is 0.377 e. The summed E-state index contributed by atoms with van der Waals surface area (Å²) in [6.07, 6.45) is 3.28. The summed E-state index contributed by atoms with van der Waals surface area (Å²) >= 11 is 4.49. The second kappa shape index (κ2) is 7.70. The SMILES string of the molecule is CCCC(S)CC[Si](OC)(OC)OC. The van der Waals surface area contributed by atoms with Crippen molar-refractivity contribution in [2.45, 2.75) is 37.5 Å². The van der Waals surface area contributed by atoms with Gasteiger partial charge in [0, 0.05) is 32.6 Å². The lowest BCUT2D eigenvalue weighted by Gasteiger charge is -2.25. The zero-order chi connectivity index (χ0) is 11.0. The first kappa shape index (κ1) is 14.4. The van der Waals surface area contributed by atoms with Crippen molar-refractivity contribution < 1.29 is 13.3 Å². The highest BCUT2D eigenvalue weighted by molar-refractivity contribution is 7.80. The quantitative estimate of drug-likeness (QED) is 0.520. The maximum atomic E-state index is 5.33. The Hall–Kier alpha value is 0.447. The van der Waals surface area contributed by atoms with Crippen LogP contribution in [0, 0.1) is 0 Å². The molecule has 0 aliphatic rings. The molecule has 1 atom stereocenters. The van der Waals surface area contributed by atoms with Crippen LogP contribution in [0.1, 0.15) is 26.2 Å². The Morgan fingerprint density at radius 1 is 1.07 bits per heavy atom. The molecular weight excluding hydrogens is 216 g/mol. The Labute approximate surface area is 93.9 Å². The maximum absolute atomic E-state index is 5.33. The van der Waals surface area contributed by atoms with Crippen molar-refractivity contribution in [1.82, 2.24) is 0 Å². The molecule has 5 heteroatoms. The largest absolute Gasteiger partial charge is 0.500 e. The van der Waals surface area contributed by atoms with E-state index in [4.69, 9.17) is 13.3 Å². The number of rotatable bonds is 8. The van der Waals surface area contributed by atoms with Crippen LogP contribution in [0.25, 0.3) is 0 Å². The minimum atomic E-state index is -2.36. The summed E-state index contributed by atoms with van der Waals surface area (Å²) in [5.74, 6) is 0. The van der Waals surface area contributed by atoms with Crippen molar-refractivity contribution in [2.24, 2.45) is 0 Å². The van der Waals surface area contributed by atoms with Gasteiger partial charge in [-0.05, 0) is 12.8 Å². The molecule has 0 aromatic rings. The summed E-state index contributed by atoms with van der Waals surface area (Å²) < 4.78 is 16.0. The van der Waals surface area contributed by atoms with Crippen molar-refractivity contribution in [1.29, 1.82) is 0 Å². The third-order valence-electron chi connectivity index (χ3n) is 2.34. The molecule has 0 aromatic heterocycles. The Kier molecular flexibility index (Phi) is 7.95. The van der Waals surface area contributed by atoms with Gasteiger partial charge in [0.2, 0.25) is 0 Å². The molecule has 0 aliphatic carbocycles. The molecule has 0 aliphatic heterocycles. The summed E-state index contributed by atoms with van der Waals surface area (Å²) in [7, 11) is 2.58. The van der Waals surface area contributed by atoms with Gasteiger partial charge in [-0.25, -0.2) is 0 Å². The van der Waals surface area contributed by atoms with Gasteiger partial charge in [0.05, 0.1) is 0 Å². The summed E-state index contributed by atoms with van der Waals surface area (Å²) in [6.45, 7) is 2.16. The molecule has 0 rings (SSSR count). The van der Waals surface area contributed by atoms with Crippen molar-refractivity contribution in [2.75, 3.05) is 21.3 Å². The molecule has 86 valence electrons. The van der Waals surface area contributed by atoms with E-state index in [1.54, 1.807) is 21.3 Å². The van der Waals surface area contributed by atoms with Crippen LogP contribution in [0.3, 0.4) is 0 Å². The fraction of sp³-hybridized carbons (Fsp3) is 1.00. The standard InChI is InChI=1S/C9H22O3SSi/c1-5-6-9(13)7-8-14(10-2,11-3)12-4/h9,13H,5-8H2,1-4H3. The molecule has 0 radical (unpaired) electrons. The number of hydrogen-bond acceptors (Lipinski definition) is 4. The predicted molar refractivity (Wildman–Crippen MR) is 63.9 cm³/mol. The number of hydrogen-bond donors (Lipinski definition) is 1. The van der Waals surface area contributed by atoms with E-state index in [0.29, 0.717) is 5.25 Å². The molecule has 0 saturated carbocycles. The van der Waals surface area contributed by atoms with Gasteiger partial charge in [-0.3, -0.25) is 0 Å². The molecule has 14 heavy (non-hydrogen) atoms. The van der Waals surface area contributed by atoms with E-state index >= 15 is 0 Å². The average Bonchev–Trinajstić information content (AvgIpc) is 2.21. The monoisotopic (exact) mass is 238 g/mol. The normalized spacial score (nSPS) is 14.4. The molecule has 0 fully saturated rings. The van der Waals surface area contributed by atoms with Crippen LogP contribution in [0.15, 0.2) is 0 Å². The first-order valence-corrected chi connectivity index (χ1v) is 7.42. The Balaban J connectivity index is 3.92. The molecule has 0 aromatic carbocycles. The molecule has 0 amide bonds. The van der Waals surface area contributed by atoms with Gasteiger partial charge in [0.1, 0.15) is 0 Å². The molecule has 0 saturated heterocycles. The molecular formula is C9H22O3SSi. The molecule has 0 N–H and O–H groups in total. The highest BCUT2D eigenvalue weighted by atomic mass is 32.1. The summed E-state index contributed by atoms with van der Waals surface area (Å²) in [5.41, 5.74) is 0. The average molecular weight is 238 g/mol. The highest BCUT2D eigenvalue weighted by Crippen LogP contribution is 2.20. The minimum absolute atomic E-state index is 0.423. The van der Waals surface area contributed by atoms with Crippen molar-refractivity contribution >= 4 is 21.4 Å². The molecule has 0 heterocycles. The first-order valence-electron chi connectivity index (χ1n) is 4.97. The summed E-state index contributed by atoms with van der Waals surface area (Å²) in [4.78, 5) is 0. The van der Waals surface area contributed by atoms with Crippen LogP contribution in [0.4, 0.5) is 0 Å². The van der Waals surface area contributed by atoms with Gasteiger partial charge in [-0.15, -0.1) is 0 Å². The van der Waals surface area contributed by atoms with E-state index in [2.05, 4.69) is 19.6 Å². The van der Waals surface area contributed by atoms with E-state index in [-0.39, 0.29) is 0 Å². The van der Waals surface area contributed by atoms with Crippen molar-refractivity contribution in [3.05, 3.63) is 0 Å². The van der Waals surface area contributed by atoms with Crippen LogP contribution in [0.5, 0.6) is 0 Å². The third-order valence-corrected chi connectivity index (χ3v) is 5.62. The van der Waals surface area contributed by atoms with Gasteiger partial charge < -0.3 is 13.3 Å². The Morgan fingerprint density at radius 2 is 1.57 bits per heavy atom. The zero-order valence-corrected chi connectivity index (χ0v) is 11.5. The van der Waals surface area contributed by atoms with Gasteiger partial charge in [0.25, 0.3) is 0 Å². The van der Waals surface area contributed by atoms with Gasteiger partial charge in [-0.1, -0.05) is 13.3 Å². The lowest BCUT2D eigenvalue weighted by Crippen LogP contribution is -2.43. The lowest BCUT2D eigenvalue weighted by atomic mass is 10.2. The molecule has 0 spiro atoms. The second-order valence-electron chi connectivity index (χ2n) is 3.28. The van der Waals surface area contributed by atoms with E-state index in [0.717, 1.165) is 25.3 Å². The molecule has 1 unspecified atom stereocenters. The van der Waals surface area contributed by atoms with E-state index in [1.807, 2.05) is 0 Å². The summed E-state index contributed by atoms with van der Waals surface area (Å²) in [6, 6.07) is 0.838. The van der Waals surface area contributed by atoms with E-state index in [9.17, 15) is 0 Å². The van der Waals surface area contributed by atoms with Crippen molar-refractivity contribution in [3.8, 4) is 0 Å². The van der Waals surface area contributed by atoms with E-state index < -0.39 is 8.80 Å². The van der Waals surface area contributed by atoms with Crippen LogP contribution in [-0.4, -0.2) is 35.4 Å². The van der Waals surface area contributed by atoms with Gasteiger partial charge in [-0.2, -0.15) is 12.6 Å². The van der Waals surface area contributed by atoms with E-state index in [1.165, 1.54) is 0 Å². The van der Waals surface area contributed by atoms with Gasteiger partial charge >= 0.3 is 8.80 Å². The number of thiol groups is 1. The van der Waals surface area contributed by atoms with Crippen LogP contribution in [0.2, 0.25) is 6.04 Å². The van der Waals surface area contributed by atoms with Crippen LogP contribution < -0.4 is 0 Å². The molecule has 0 bridgehead atoms. The second-order valence-corrected chi connectivity index (χ2v) is 7.10. The fourth-order valence-electron chi connectivity index (χ4n) is 1.38. The van der Waals surface area contributed by atoms with Crippen LogP contribution in [-0.2, 0) is 13.3 Å².